The molecular formula is C62H84N14O19S. The van der Waals surface area contributed by atoms with Crippen molar-refractivity contribution in [3.8, 4) is 5.75 Å². The van der Waals surface area contributed by atoms with E-state index in [9.17, 15) is 82.8 Å². The summed E-state index contributed by atoms with van der Waals surface area (Å²) in [4.78, 5) is 198. The number of aromatic amines is 1. The molecule has 2 bridgehead atoms. The van der Waals surface area contributed by atoms with Crippen molar-refractivity contribution in [2.75, 3.05) is 43.9 Å². The zero-order chi connectivity index (χ0) is 70.6. The van der Waals surface area contributed by atoms with Gasteiger partial charge in [-0.15, -0.1) is 0 Å². The normalized spacial score (nSPS) is 25.1. The van der Waals surface area contributed by atoms with Gasteiger partial charge in [0.15, 0.2) is 0 Å². The van der Waals surface area contributed by atoms with E-state index in [1.165, 1.54) is 56.3 Å². The highest BCUT2D eigenvalue weighted by Gasteiger charge is 2.46. The average Bonchev–Trinajstić information content (AvgIpc) is 1.62. The fourth-order valence-electron chi connectivity index (χ4n) is 11.4. The zero-order valence-corrected chi connectivity index (χ0v) is 54.8. The first-order valence-corrected chi connectivity index (χ1v) is 32.8. The van der Waals surface area contributed by atoms with Gasteiger partial charge in [0.05, 0.1) is 60.4 Å². The van der Waals surface area contributed by atoms with Gasteiger partial charge >= 0.3 is 0 Å². The number of carbonyl (C=O) groups excluding carboxylic acids is 14. The summed E-state index contributed by atoms with van der Waals surface area (Å²) in [5.41, 5.74) is 0.837. The number of hydrogen-bond acceptors (Lipinski definition) is 19. The molecule has 0 spiro atoms. The number of benzene rings is 2. The molecule has 522 valence electrons. The van der Waals surface area contributed by atoms with Crippen molar-refractivity contribution in [2.45, 2.75) is 159 Å². The van der Waals surface area contributed by atoms with E-state index in [1.807, 2.05) is 0 Å². The third kappa shape index (κ3) is 18.7. The molecule has 2 fully saturated rings. The summed E-state index contributed by atoms with van der Waals surface area (Å²) in [6.45, 7) is 7.44. The van der Waals surface area contributed by atoms with Gasteiger partial charge in [-0.3, -0.25) is 76.2 Å². The van der Waals surface area contributed by atoms with Crippen LogP contribution in [0.4, 0.5) is 5.69 Å². The minimum atomic E-state index is -2.48. The van der Waals surface area contributed by atoms with E-state index in [-0.39, 0.29) is 64.8 Å². The molecule has 16 N–H and O–H groups in total. The largest absolute Gasteiger partial charge is 0.508 e. The van der Waals surface area contributed by atoms with Crippen molar-refractivity contribution >= 4 is 110 Å². The number of aliphatic hydroxyl groups excluding tert-OH is 3. The predicted octanol–water partition coefficient (Wildman–Crippen LogP) is -4.72. The number of fused-ring (bicyclic) bond motifs is 5. The Kier molecular flexibility index (Phi) is 25.3. The number of aliphatic hydroxyl groups is 3. The molecule has 33 nitrogen and oxygen atoms in total. The Bertz CT molecular complexity index is 3530. The monoisotopic (exact) mass is 1360 g/mol. The first-order valence-electron chi connectivity index (χ1n) is 31.5. The lowest BCUT2D eigenvalue weighted by Gasteiger charge is -2.33. The van der Waals surface area contributed by atoms with Crippen molar-refractivity contribution < 1.29 is 91.8 Å². The van der Waals surface area contributed by atoms with Crippen LogP contribution in [-0.4, -0.2) is 221 Å². The third-order valence-corrected chi connectivity index (χ3v) is 18.7. The number of aromatic nitrogens is 1. The molecule has 2 saturated heterocycles. The van der Waals surface area contributed by atoms with E-state index >= 15 is 9.00 Å². The zero-order valence-electron chi connectivity index (χ0n) is 54.0. The van der Waals surface area contributed by atoms with Gasteiger partial charge < -0.3 is 88.8 Å². The number of amides is 14. The number of aromatic hydroxyl groups is 1. The van der Waals surface area contributed by atoms with E-state index in [4.69, 9.17) is 0 Å². The molecule has 34 heteroatoms. The number of phenols is 1. The van der Waals surface area contributed by atoms with Crippen LogP contribution in [0.25, 0.3) is 10.9 Å². The molecule has 4 aliphatic heterocycles. The van der Waals surface area contributed by atoms with Crippen molar-refractivity contribution in [3.05, 3.63) is 53.6 Å². The number of phenolic OH excluding ortho intramolecular Hbond substituents is 1. The minimum absolute atomic E-state index is 0.0342. The van der Waals surface area contributed by atoms with E-state index in [0.717, 1.165) is 9.80 Å². The van der Waals surface area contributed by atoms with Gasteiger partial charge in [0.1, 0.15) is 59.1 Å². The molecule has 5 heterocycles. The third-order valence-electron chi connectivity index (χ3n) is 17.3. The van der Waals surface area contributed by atoms with Gasteiger partial charge in [-0.25, -0.2) is 0 Å². The molecule has 0 aliphatic carbocycles. The maximum absolute atomic E-state index is 15.0. The van der Waals surface area contributed by atoms with E-state index in [0.29, 0.717) is 12.0 Å². The number of nitrogens with one attached hydrogen (secondary N) is 12. The molecule has 0 saturated carbocycles. The number of nitrogens with zero attached hydrogens (tertiary/aromatic N) is 2. The van der Waals surface area contributed by atoms with Gasteiger partial charge in [0, 0.05) is 74.3 Å². The van der Waals surface area contributed by atoms with Crippen molar-refractivity contribution in [3.63, 3.8) is 0 Å². The number of imide groups is 1. The van der Waals surface area contributed by atoms with Crippen LogP contribution in [0, 0.1) is 23.7 Å². The first-order chi connectivity index (χ1) is 45.4. The van der Waals surface area contributed by atoms with Gasteiger partial charge in [0.2, 0.25) is 82.7 Å². The second kappa shape index (κ2) is 32.8. The Labute approximate surface area is 553 Å². The van der Waals surface area contributed by atoms with Gasteiger partial charge in [-0.1, -0.05) is 60.1 Å². The highest BCUT2D eigenvalue weighted by Crippen LogP contribution is 2.31. The first kappa shape index (κ1) is 74.0. The van der Waals surface area contributed by atoms with Gasteiger partial charge in [-0.2, -0.15) is 0 Å². The lowest BCUT2D eigenvalue weighted by molar-refractivity contribution is -0.144. The topological polar surface area (TPSA) is 492 Å². The Morgan fingerprint density at radius 1 is 0.740 bits per heavy atom. The number of anilines is 1. The van der Waals surface area contributed by atoms with Crippen LogP contribution in [0.2, 0.25) is 0 Å². The minimum Gasteiger partial charge on any atom is -0.508 e. The predicted molar refractivity (Wildman–Crippen MR) is 339 cm³/mol. The molecule has 7 rings (SSSR count). The van der Waals surface area contributed by atoms with Crippen LogP contribution < -0.4 is 58.5 Å². The number of rotatable bonds is 18. The molecule has 14 atom stereocenters. The van der Waals surface area contributed by atoms with Gasteiger partial charge in [-0.05, 0) is 54.2 Å². The van der Waals surface area contributed by atoms with Crippen molar-refractivity contribution in [2.24, 2.45) is 23.7 Å². The summed E-state index contributed by atoms with van der Waals surface area (Å²) in [6, 6.07) is -2.82. The smallest absolute Gasteiger partial charge is 0.246 e. The average molecular weight is 1360 g/mol. The second-order valence-corrected chi connectivity index (χ2v) is 26.3. The highest BCUT2D eigenvalue weighted by atomic mass is 32.2. The van der Waals surface area contributed by atoms with Gasteiger partial charge in [0.25, 0.3) is 0 Å². The maximum Gasteiger partial charge on any atom is 0.246 e. The molecule has 2 aromatic carbocycles. The lowest BCUT2D eigenvalue weighted by atomic mass is 9.93. The molecule has 0 radical (unpaired) electrons. The van der Waals surface area contributed by atoms with Crippen molar-refractivity contribution in [1.82, 2.24) is 68.0 Å². The van der Waals surface area contributed by atoms with E-state index in [1.54, 1.807) is 34.6 Å². The van der Waals surface area contributed by atoms with Crippen LogP contribution in [0.1, 0.15) is 91.7 Å². The highest BCUT2D eigenvalue weighted by molar-refractivity contribution is 7.85. The Balaban J connectivity index is 1.16. The molecule has 14 amide bonds. The summed E-state index contributed by atoms with van der Waals surface area (Å²) in [7, 11) is -2.48. The maximum atomic E-state index is 15.0. The van der Waals surface area contributed by atoms with Crippen molar-refractivity contribution in [1.29, 1.82) is 0 Å². The second-order valence-electron chi connectivity index (χ2n) is 24.9. The summed E-state index contributed by atoms with van der Waals surface area (Å²) in [5.74, 6) is -16.1. The van der Waals surface area contributed by atoms with E-state index < -0.39 is 223 Å². The number of H-pyrrole nitrogens is 1. The number of likely N-dealkylation sites (tertiary alicyclic amines) is 1. The summed E-state index contributed by atoms with van der Waals surface area (Å²) in [5, 5.41) is 70.5. The lowest BCUT2D eigenvalue weighted by Crippen LogP contribution is -2.62. The quantitative estimate of drug-likeness (QED) is 0.0532. The fourth-order valence-corrected chi connectivity index (χ4v) is 12.8. The summed E-state index contributed by atoms with van der Waals surface area (Å²) >= 11 is 0. The Morgan fingerprint density at radius 3 is 2.06 bits per heavy atom. The summed E-state index contributed by atoms with van der Waals surface area (Å²) < 4.78 is 15.0. The van der Waals surface area contributed by atoms with Crippen LogP contribution in [0.3, 0.4) is 0 Å². The van der Waals surface area contributed by atoms with Crippen LogP contribution >= 0.6 is 0 Å². The molecule has 96 heavy (non-hydrogen) atoms. The molecular weight excluding hydrogens is 1280 g/mol. The molecule has 1 aromatic heterocycles. The Morgan fingerprint density at radius 2 is 1.42 bits per heavy atom. The SMILES string of the molecule is CC[C@H](C)[C@@H]1NC(=O)CNC(=O)[C@@H]2Cc3c([nH]c4cc(O)ccc34)S(=O)C[C@H](NC(=O)CNC1=O)C(=O)N[C@@H](CC(=O)NCc1ccc(NC(=O)[C@H](C)NC(=O)[C@@H](NC(=O)CCN3C(=O)CC(C)C3=O)C(C)C)cc1)C(=O)N1C[C@H](O)C[C@H]1C(=O)N[C@@H]([C@@H](C)[C@@H](O)CO)C(=O)N2. The number of hydrogen-bond donors (Lipinski definition) is 16. The molecule has 3 aromatic rings. The number of carbonyl (C=O) groups is 14. The van der Waals surface area contributed by atoms with Crippen LogP contribution in [-0.2, 0) is 90.9 Å². The summed E-state index contributed by atoms with van der Waals surface area (Å²) in [6.07, 6.45) is -5.00. The van der Waals surface area contributed by atoms with Crippen LogP contribution in [0.15, 0.2) is 47.5 Å². The van der Waals surface area contributed by atoms with E-state index in [2.05, 4.69) is 63.5 Å². The molecule has 4 aliphatic rings. The molecule has 2 unspecified atom stereocenters. The Hall–Kier alpha value is -9.41. The standard InChI is InChI=1S/C62H84N14O19S/c1-8-29(4)51-57(90)65-23-47(83)68-42-27-96(95)60-38(37-14-13-35(78)18-39(37)71-60)20-40(54(87)64-24-48(84)73-51)69-59(92)52(31(6)44(80)26-77)74-56(89)43-19-36(79)25-76(43)62(94)41(70-55(42)88)21-46(82)63-22-33-9-11-34(12-10-33)67-53(86)32(7)66-58(91)50(28(2)3)72-45(81)15-16-75-49(85)17-30(5)61(75)93/h9-14,18,28-32,36,40-44,50-52,71,77-80H,8,15-17,19-27H2,1-7H3,(H,63,82)(H,64,87)(H,65,90)(H,66,91)(H,67,86)(H,68,83)(H,69,92)(H,70,88)(H,72,81)(H,73,84)(H,74,89)/t29-,30?,31-,32-,36+,40-,41-,42-,43-,44-,50-,51-,52-,96?/m0/s1. The fraction of sp³-hybridized carbons (Fsp3) is 0.548. The van der Waals surface area contributed by atoms with Crippen LogP contribution in [0.5, 0.6) is 5.75 Å².